The van der Waals surface area contributed by atoms with Crippen LogP contribution in [0.2, 0.25) is 0 Å². The molecule has 2 fully saturated rings. The molecule has 0 bridgehead atoms. The second-order valence-electron chi connectivity index (χ2n) is 4.65. The van der Waals surface area contributed by atoms with Gasteiger partial charge in [-0.3, -0.25) is 10.1 Å². The Hall–Kier alpha value is -0.570. The molecule has 0 aromatic carbocycles. The molecule has 3 unspecified atom stereocenters. The van der Waals surface area contributed by atoms with Crippen LogP contribution in [0.15, 0.2) is 0 Å². The molecule has 13 heavy (non-hydrogen) atoms. The van der Waals surface area contributed by atoms with Gasteiger partial charge in [-0.15, -0.1) is 0 Å². The van der Waals surface area contributed by atoms with E-state index in [4.69, 9.17) is 0 Å². The molecule has 1 aliphatic heterocycles. The highest BCUT2D eigenvalue weighted by Crippen LogP contribution is 2.38. The third-order valence-corrected chi connectivity index (χ3v) is 3.11. The van der Waals surface area contributed by atoms with E-state index in [-0.39, 0.29) is 12.1 Å². The van der Waals surface area contributed by atoms with Crippen molar-refractivity contribution in [1.29, 1.82) is 0 Å². The summed E-state index contributed by atoms with van der Waals surface area (Å²) in [7, 11) is 0. The summed E-state index contributed by atoms with van der Waals surface area (Å²) in [5.41, 5.74) is 0. The Labute approximate surface area is 79.5 Å². The van der Waals surface area contributed by atoms with Gasteiger partial charge >= 0.3 is 0 Å². The summed E-state index contributed by atoms with van der Waals surface area (Å²) < 4.78 is 0. The van der Waals surface area contributed by atoms with Crippen molar-refractivity contribution in [2.75, 3.05) is 6.54 Å². The molecule has 0 aromatic rings. The van der Waals surface area contributed by atoms with Gasteiger partial charge in [0, 0.05) is 6.04 Å². The van der Waals surface area contributed by atoms with E-state index in [2.05, 4.69) is 31.0 Å². The minimum Gasteiger partial charge on any atom is -0.323 e. The van der Waals surface area contributed by atoms with Crippen LogP contribution in [-0.4, -0.2) is 29.6 Å². The van der Waals surface area contributed by atoms with E-state index in [9.17, 15) is 4.79 Å². The smallest absolute Gasteiger partial charge is 0.238 e. The molecule has 1 aliphatic carbocycles. The summed E-state index contributed by atoms with van der Waals surface area (Å²) >= 11 is 0. The molecular formula is C10H18N2O. The summed E-state index contributed by atoms with van der Waals surface area (Å²) in [5.74, 6) is 1.51. The number of amides is 1. The van der Waals surface area contributed by atoms with Gasteiger partial charge < -0.3 is 4.90 Å². The van der Waals surface area contributed by atoms with Crippen LogP contribution in [0.25, 0.3) is 0 Å². The normalized spacial score (nSPS) is 38.9. The van der Waals surface area contributed by atoms with Gasteiger partial charge in [0.2, 0.25) is 5.91 Å². The molecule has 1 N–H and O–H groups in total. The van der Waals surface area contributed by atoms with Crippen LogP contribution in [0.1, 0.15) is 27.2 Å². The average Bonchev–Trinajstić information content (AvgIpc) is 2.60. The summed E-state index contributed by atoms with van der Waals surface area (Å²) in [5, 5.41) is 3.27. The number of carbonyl (C=O) groups excluding carboxylic acids is 1. The number of hydrogen-bond acceptors (Lipinski definition) is 2. The lowest BCUT2D eigenvalue weighted by Gasteiger charge is -2.27. The zero-order valence-corrected chi connectivity index (χ0v) is 8.58. The molecule has 0 aromatic heterocycles. The van der Waals surface area contributed by atoms with Crippen LogP contribution in [0.3, 0.4) is 0 Å². The molecule has 0 spiro atoms. The molecule has 1 saturated heterocycles. The maximum atomic E-state index is 11.6. The van der Waals surface area contributed by atoms with E-state index in [1.807, 2.05) is 0 Å². The van der Waals surface area contributed by atoms with Gasteiger partial charge in [-0.25, -0.2) is 0 Å². The average molecular weight is 182 g/mol. The monoisotopic (exact) mass is 182 g/mol. The van der Waals surface area contributed by atoms with E-state index >= 15 is 0 Å². The van der Waals surface area contributed by atoms with Crippen LogP contribution in [0.5, 0.6) is 0 Å². The number of rotatable bonds is 2. The van der Waals surface area contributed by atoms with Gasteiger partial charge in [-0.05, 0) is 18.3 Å². The lowest BCUT2D eigenvalue weighted by atomic mass is 10.1. The summed E-state index contributed by atoms with van der Waals surface area (Å²) in [4.78, 5) is 13.6. The fraction of sp³-hybridized carbons (Fsp3) is 0.900. The Kier molecular flexibility index (Phi) is 2.06. The van der Waals surface area contributed by atoms with E-state index in [0.717, 1.165) is 0 Å². The van der Waals surface area contributed by atoms with Crippen LogP contribution in [-0.2, 0) is 4.79 Å². The minimum absolute atomic E-state index is 0.280. The first-order valence-corrected chi connectivity index (χ1v) is 5.16. The van der Waals surface area contributed by atoms with Crippen molar-refractivity contribution in [1.82, 2.24) is 10.2 Å². The number of carbonyl (C=O) groups is 1. The van der Waals surface area contributed by atoms with Crippen molar-refractivity contribution in [2.24, 2.45) is 11.8 Å². The van der Waals surface area contributed by atoms with E-state index in [1.165, 1.54) is 6.42 Å². The van der Waals surface area contributed by atoms with E-state index in [1.54, 1.807) is 0 Å². The third-order valence-electron chi connectivity index (χ3n) is 3.11. The first-order valence-electron chi connectivity index (χ1n) is 5.16. The van der Waals surface area contributed by atoms with E-state index in [0.29, 0.717) is 24.4 Å². The lowest BCUT2D eigenvalue weighted by Crippen LogP contribution is -2.43. The maximum absolute atomic E-state index is 11.6. The molecule has 3 nitrogen and oxygen atoms in total. The molecule has 3 heteroatoms. The maximum Gasteiger partial charge on any atom is 0.238 e. The SMILES string of the molecule is CC(C)C1NCC(=O)N1C1CC1C. The van der Waals surface area contributed by atoms with Crippen LogP contribution in [0.4, 0.5) is 0 Å². The zero-order chi connectivity index (χ0) is 9.59. The van der Waals surface area contributed by atoms with Crippen molar-refractivity contribution >= 4 is 5.91 Å². The van der Waals surface area contributed by atoms with Crippen molar-refractivity contribution in [2.45, 2.75) is 39.4 Å². The minimum atomic E-state index is 0.280. The molecule has 3 atom stereocenters. The number of nitrogens with zero attached hydrogens (tertiary/aromatic N) is 1. The summed E-state index contributed by atoms with van der Waals surface area (Å²) in [6.45, 7) is 7.08. The second-order valence-corrected chi connectivity index (χ2v) is 4.65. The topological polar surface area (TPSA) is 32.3 Å². The Balaban J connectivity index is 2.08. The lowest BCUT2D eigenvalue weighted by molar-refractivity contribution is -0.129. The molecule has 2 rings (SSSR count). The molecule has 1 saturated carbocycles. The van der Waals surface area contributed by atoms with Crippen molar-refractivity contribution in [3.63, 3.8) is 0 Å². The van der Waals surface area contributed by atoms with Gasteiger partial charge in [0.25, 0.3) is 0 Å². The van der Waals surface area contributed by atoms with Gasteiger partial charge in [0.05, 0.1) is 12.7 Å². The Morgan fingerprint density at radius 3 is 2.62 bits per heavy atom. The molecular weight excluding hydrogens is 164 g/mol. The zero-order valence-electron chi connectivity index (χ0n) is 8.58. The Morgan fingerprint density at radius 1 is 1.54 bits per heavy atom. The summed E-state index contributed by atoms with van der Waals surface area (Å²) in [6, 6.07) is 0.523. The molecule has 74 valence electrons. The highest BCUT2D eigenvalue weighted by atomic mass is 16.2. The van der Waals surface area contributed by atoms with Gasteiger partial charge in [0.1, 0.15) is 0 Å². The van der Waals surface area contributed by atoms with Crippen LogP contribution in [0, 0.1) is 11.8 Å². The first-order chi connectivity index (χ1) is 6.11. The Bertz CT molecular complexity index is 227. The van der Waals surface area contributed by atoms with Gasteiger partial charge in [-0.1, -0.05) is 20.8 Å². The fourth-order valence-electron chi connectivity index (χ4n) is 2.17. The molecule has 2 aliphatic rings. The predicted molar refractivity (Wildman–Crippen MR) is 51.0 cm³/mol. The largest absolute Gasteiger partial charge is 0.323 e. The van der Waals surface area contributed by atoms with Crippen molar-refractivity contribution in [3.05, 3.63) is 0 Å². The highest BCUT2D eigenvalue weighted by molar-refractivity contribution is 5.81. The van der Waals surface area contributed by atoms with Crippen LogP contribution < -0.4 is 5.32 Å². The fourth-order valence-corrected chi connectivity index (χ4v) is 2.17. The standard InChI is InChI=1S/C10H18N2O/c1-6(2)10-11-5-9(13)12(10)8-4-7(8)3/h6-8,10-11H,4-5H2,1-3H3. The molecule has 0 radical (unpaired) electrons. The van der Waals surface area contributed by atoms with Gasteiger partial charge in [-0.2, -0.15) is 0 Å². The first kappa shape index (κ1) is 9.00. The second kappa shape index (κ2) is 2.98. The summed E-state index contributed by atoms with van der Waals surface area (Å²) in [6.07, 6.45) is 1.47. The third kappa shape index (κ3) is 1.46. The number of nitrogens with one attached hydrogen (secondary N) is 1. The highest BCUT2D eigenvalue weighted by Gasteiger charge is 2.46. The molecule has 1 heterocycles. The molecule has 1 amide bonds. The van der Waals surface area contributed by atoms with Crippen molar-refractivity contribution < 1.29 is 4.79 Å². The predicted octanol–water partition coefficient (Wildman–Crippen LogP) is 0.809. The van der Waals surface area contributed by atoms with Gasteiger partial charge in [0.15, 0.2) is 0 Å². The quantitative estimate of drug-likeness (QED) is 0.685. The van der Waals surface area contributed by atoms with E-state index < -0.39 is 0 Å². The number of hydrogen-bond donors (Lipinski definition) is 1. The Morgan fingerprint density at radius 2 is 2.15 bits per heavy atom. The van der Waals surface area contributed by atoms with Crippen molar-refractivity contribution in [3.8, 4) is 0 Å². The van der Waals surface area contributed by atoms with Crippen LogP contribution >= 0.6 is 0 Å².